The van der Waals surface area contributed by atoms with Gasteiger partial charge in [0.1, 0.15) is 11.6 Å². The highest BCUT2D eigenvalue weighted by Gasteiger charge is 2.33. The average Bonchev–Trinajstić information content (AvgIpc) is 3.15. The van der Waals surface area contributed by atoms with E-state index in [2.05, 4.69) is 15.6 Å². The molecular formula is C17H23N5O3. The van der Waals surface area contributed by atoms with E-state index >= 15 is 0 Å². The minimum Gasteiger partial charge on any atom is -0.360 e. The van der Waals surface area contributed by atoms with E-state index in [1.54, 1.807) is 35.8 Å². The molecule has 1 saturated heterocycles. The van der Waals surface area contributed by atoms with E-state index < -0.39 is 6.04 Å². The van der Waals surface area contributed by atoms with Crippen molar-refractivity contribution in [2.24, 2.45) is 7.05 Å². The number of carbonyl (C=O) groups excluding carboxylic acids is 2. The zero-order chi connectivity index (χ0) is 18.1. The van der Waals surface area contributed by atoms with E-state index in [-0.39, 0.29) is 17.7 Å². The molecule has 0 saturated carbocycles. The SMILES string of the molecule is Cc1noc(C(C)C)c1C(=O)N[C@H]1CCCN(c2ccn(C)n2)C1=O. The van der Waals surface area contributed by atoms with E-state index in [9.17, 15) is 9.59 Å². The molecule has 8 nitrogen and oxygen atoms in total. The van der Waals surface area contributed by atoms with E-state index in [0.29, 0.717) is 35.8 Å². The molecule has 1 fully saturated rings. The van der Waals surface area contributed by atoms with E-state index in [1.165, 1.54) is 0 Å². The molecule has 1 atom stereocenters. The number of amides is 2. The van der Waals surface area contributed by atoms with E-state index in [1.807, 2.05) is 13.8 Å². The predicted molar refractivity (Wildman–Crippen MR) is 91.4 cm³/mol. The highest BCUT2D eigenvalue weighted by molar-refractivity contribution is 6.03. The van der Waals surface area contributed by atoms with Crippen molar-refractivity contribution in [3.8, 4) is 0 Å². The first-order chi connectivity index (χ1) is 11.9. The van der Waals surface area contributed by atoms with E-state index in [4.69, 9.17) is 4.52 Å². The maximum atomic E-state index is 12.8. The maximum absolute atomic E-state index is 12.8. The number of hydrogen-bond donors (Lipinski definition) is 1. The zero-order valence-corrected chi connectivity index (χ0v) is 14.9. The first-order valence-corrected chi connectivity index (χ1v) is 8.46. The third kappa shape index (κ3) is 3.29. The minimum absolute atomic E-state index is 0.0361. The molecule has 25 heavy (non-hydrogen) atoms. The predicted octanol–water partition coefficient (Wildman–Crippen LogP) is 1.77. The molecule has 0 radical (unpaired) electrons. The molecule has 2 aromatic rings. The smallest absolute Gasteiger partial charge is 0.257 e. The van der Waals surface area contributed by atoms with Crippen molar-refractivity contribution >= 4 is 17.6 Å². The third-order valence-electron chi connectivity index (χ3n) is 4.36. The molecule has 2 aromatic heterocycles. The Bertz CT molecular complexity index is 792. The lowest BCUT2D eigenvalue weighted by Crippen LogP contribution is -2.52. The van der Waals surface area contributed by atoms with Crippen LogP contribution in [0.15, 0.2) is 16.8 Å². The van der Waals surface area contributed by atoms with Gasteiger partial charge in [0.25, 0.3) is 11.8 Å². The van der Waals surface area contributed by atoms with Crippen LogP contribution in [0.25, 0.3) is 0 Å². The molecule has 0 spiro atoms. The molecule has 3 heterocycles. The van der Waals surface area contributed by atoms with Gasteiger partial charge < -0.3 is 9.84 Å². The Kier molecular flexibility index (Phi) is 4.61. The van der Waals surface area contributed by atoms with Gasteiger partial charge in [0.2, 0.25) is 0 Å². The maximum Gasteiger partial charge on any atom is 0.257 e. The summed E-state index contributed by atoms with van der Waals surface area (Å²) in [5.41, 5.74) is 0.962. The van der Waals surface area contributed by atoms with Crippen LogP contribution in [-0.4, -0.2) is 39.3 Å². The minimum atomic E-state index is -0.572. The highest BCUT2D eigenvalue weighted by atomic mass is 16.5. The lowest BCUT2D eigenvalue weighted by molar-refractivity contribution is -0.121. The van der Waals surface area contributed by atoms with Crippen LogP contribution in [0.4, 0.5) is 5.82 Å². The number of piperidine rings is 1. The number of carbonyl (C=O) groups is 2. The Morgan fingerprint density at radius 2 is 2.20 bits per heavy atom. The largest absolute Gasteiger partial charge is 0.360 e. The molecule has 2 amide bonds. The first-order valence-electron chi connectivity index (χ1n) is 8.46. The van der Waals surface area contributed by atoms with Crippen molar-refractivity contribution in [1.82, 2.24) is 20.3 Å². The van der Waals surface area contributed by atoms with Gasteiger partial charge in [-0.25, -0.2) is 0 Å². The second kappa shape index (κ2) is 6.70. The second-order valence-electron chi connectivity index (χ2n) is 6.67. The summed E-state index contributed by atoms with van der Waals surface area (Å²) in [5, 5.41) is 11.0. The fourth-order valence-corrected chi connectivity index (χ4v) is 3.07. The molecule has 1 N–H and O–H groups in total. The standard InChI is InChI=1S/C17H23N5O3/c1-10(2)15-14(11(3)20-25-15)16(23)18-12-6-5-8-22(17(12)24)13-7-9-21(4)19-13/h7,9-10,12H,5-6,8H2,1-4H3,(H,18,23)/t12-/m0/s1. The van der Waals surface area contributed by atoms with Gasteiger partial charge in [0.05, 0.1) is 5.69 Å². The number of aryl methyl sites for hydroxylation is 2. The Balaban J connectivity index is 1.77. The van der Waals surface area contributed by atoms with Gasteiger partial charge >= 0.3 is 0 Å². The molecule has 134 valence electrons. The van der Waals surface area contributed by atoms with Crippen LogP contribution in [0.2, 0.25) is 0 Å². The van der Waals surface area contributed by atoms with Crippen molar-refractivity contribution in [2.45, 2.75) is 45.6 Å². The fraction of sp³-hybridized carbons (Fsp3) is 0.529. The van der Waals surface area contributed by atoms with Gasteiger partial charge in [0.15, 0.2) is 11.6 Å². The lowest BCUT2D eigenvalue weighted by atomic mass is 10.0. The van der Waals surface area contributed by atoms with Crippen LogP contribution in [0, 0.1) is 6.92 Å². The van der Waals surface area contributed by atoms with Crippen LogP contribution in [0.5, 0.6) is 0 Å². The average molecular weight is 345 g/mol. The number of anilines is 1. The van der Waals surface area contributed by atoms with Gasteiger partial charge in [-0.05, 0) is 19.8 Å². The number of nitrogens with zero attached hydrogens (tertiary/aromatic N) is 4. The summed E-state index contributed by atoms with van der Waals surface area (Å²) in [6, 6.07) is 1.22. The highest BCUT2D eigenvalue weighted by Crippen LogP contribution is 2.23. The molecule has 8 heteroatoms. The molecule has 0 aliphatic carbocycles. The summed E-state index contributed by atoms with van der Waals surface area (Å²) >= 11 is 0. The van der Waals surface area contributed by atoms with Crippen LogP contribution in [0.1, 0.15) is 54.4 Å². The first kappa shape index (κ1) is 17.2. The summed E-state index contributed by atoms with van der Waals surface area (Å²) in [6.45, 7) is 6.20. The summed E-state index contributed by atoms with van der Waals surface area (Å²) in [7, 11) is 1.80. The monoisotopic (exact) mass is 345 g/mol. The molecule has 1 aliphatic heterocycles. The van der Waals surface area contributed by atoms with Gasteiger partial charge in [-0.15, -0.1) is 0 Å². The lowest BCUT2D eigenvalue weighted by Gasteiger charge is -2.31. The van der Waals surface area contributed by atoms with Gasteiger partial charge in [-0.1, -0.05) is 19.0 Å². The van der Waals surface area contributed by atoms with Crippen molar-refractivity contribution in [2.75, 3.05) is 11.4 Å². The Morgan fingerprint density at radius 1 is 1.44 bits per heavy atom. The Hall–Kier alpha value is -2.64. The summed E-state index contributed by atoms with van der Waals surface area (Å²) in [6.07, 6.45) is 3.20. The molecule has 1 aliphatic rings. The van der Waals surface area contributed by atoms with E-state index in [0.717, 1.165) is 6.42 Å². The quantitative estimate of drug-likeness (QED) is 0.911. The molecule has 0 aromatic carbocycles. The van der Waals surface area contributed by atoms with Crippen molar-refractivity contribution < 1.29 is 14.1 Å². The second-order valence-corrected chi connectivity index (χ2v) is 6.67. The number of aromatic nitrogens is 3. The van der Waals surface area contributed by atoms with Crippen LogP contribution >= 0.6 is 0 Å². The fourth-order valence-electron chi connectivity index (χ4n) is 3.07. The Morgan fingerprint density at radius 3 is 2.84 bits per heavy atom. The van der Waals surface area contributed by atoms with Gasteiger partial charge in [-0.2, -0.15) is 5.10 Å². The third-order valence-corrected chi connectivity index (χ3v) is 4.36. The zero-order valence-electron chi connectivity index (χ0n) is 14.9. The van der Waals surface area contributed by atoms with Crippen molar-refractivity contribution in [3.05, 3.63) is 29.3 Å². The Labute approximate surface area is 146 Å². The van der Waals surface area contributed by atoms with Gasteiger partial charge in [-0.3, -0.25) is 19.2 Å². The topological polar surface area (TPSA) is 93.3 Å². The van der Waals surface area contributed by atoms with Crippen LogP contribution in [0.3, 0.4) is 0 Å². The molecule has 3 rings (SSSR count). The normalized spacial score (nSPS) is 18.0. The summed E-state index contributed by atoms with van der Waals surface area (Å²) in [4.78, 5) is 27.1. The molecular weight excluding hydrogens is 322 g/mol. The molecule has 0 unspecified atom stereocenters. The molecule has 0 bridgehead atoms. The number of hydrogen-bond acceptors (Lipinski definition) is 5. The summed E-state index contributed by atoms with van der Waals surface area (Å²) in [5.74, 6) is 0.728. The van der Waals surface area contributed by atoms with Crippen LogP contribution < -0.4 is 10.2 Å². The van der Waals surface area contributed by atoms with Crippen LogP contribution in [-0.2, 0) is 11.8 Å². The number of rotatable bonds is 4. The number of nitrogens with one attached hydrogen (secondary N) is 1. The summed E-state index contributed by atoms with van der Waals surface area (Å²) < 4.78 is 6.92. The van der Waals surface area contributed by atoms with Crippen molar-refractivity contribution in [1.29, 1.82) is 0 Å². The van der Waals surface area contributed by atoms with Gasteiger partial charge in [0, 0.05) is 31.8 Å². The van der Waals surface area contributed by atoms with Crippen molar-refractivity contribution in [3.63, 3.8) is 0 Å².